The first-order chi connectivity index (χ1) is 43.1. The van der Waals surface area contributed by atoms with Gasteiger partial charge in [0.1, 0.15) is 29.4 Å². The van der Waals surface area contributed by atoms with Crippen LogP contribution in [-0.4, -0.2) is 117 Å². The lowest BCUT2D eigenvalue weighted by molar-refractivity contribution is -0.144. The van der Waals surface area contributed by atoms with Crippen LogP contribution >= 0.6 is 22.7 Å². The molecule has 1 saturated carbocycles. The topological polar surface area (TPSA) is 254 Å². The van der Waals surface area contributed by atoms with E-state index in [4.69, 9.17) is 10.1 Å². The van der Waals surface area contributed by atoms with Crippen molar-refractivity contribution < 1.29 is 41.9 Å². The summed E-state index contributed by atoms with van der Waals surface area (Å²) < 4.78 is 49.8. The van der Waals surface area contributed by atoms with Crippen LogP contribution in [0.5, 0.6) is 0 Å². The minimum absolute atomic E-state index is 0.0230. The summed E-state index contributed by atoms with van der Waals surface area (Å²) in [6, 6.07) is 25.7. The number of halogens is 1. The van der Waals surface area contributed by atoms with Gasteiger partial charge in [-0.1, -0.05) is 99.9 Å². The number of nitrogens with zero attached hydrogens (tertiary/aromatic N) is 8. The summed E-state index contributed by atoms with van der Waals surface area (Å²) in [5.74, 6) is -3.57. The molecule has 1 aliphatic carbocycles. The van der Waals surface area contributed by atoms with Gasteiger partial charge in [-0.3, -0.25) is 34.0 Å². The number of hydrogen-bond acceptors (Lipinski definition) is 16. The van der Waals surface area contributed by atoms with Crippen molar-refractivity contribution in [3.63, 3.8) is 0 Å². The van der Waals surface area contributed by atoms with Crippen LogP contribution in [0.3, 0.4) is 0 Å². The predicted octanol–water partition coefficient (Wildman–Crippen LogP) is 9.19. The van der Waals surface area contributed by atoms with E-state index in [1.165, 1.54) is 34.8 Å². The molecule has 0 spiro atoms. The lowest BCUT2D eigenvalue weighted by Crippen LogP contribution is -2.61. The summed E-state index contributed by atoms with van der Waals surface area (Å²) in [7, 11) is -4.74. The normalized spacial score (nSPS) is 17.6. The Hall–Kier alpha value is -8.45. The van der Waals surface area contributed by atoms with Crippen molar-refractivity contribution in [1.82, 2.24) is 45.0 Å². The average Bonchev–Trinajstić information content (AvgIpc) is 1.84. The number of likely N-dealkylation sites (tertiary alicyclic amines) is 1. The van der Waals surface area contributed by atoms with Crippen molar-refractivity contribution in [3.8, 4) is 21.6 Å². The molecule has 0 radical (unpaired) electrons. The quantitative estimate of drug-likeness (QED) is 0.0570. The number of aromatic nitrogens is 5. The standard InChI is InChI=1S/C66H71FN12O8S3/c1-38-58(88-37-69-38)43-20-18-40(19-21-43)30-68-62(83)54-28-45(80)35-78(54)64(85)59(66(3,4)5)73-60(81)44-33-77(34-44)53-24-22-46(29-51(53)67)90(86,87)75-63(84)57-47(49-31-70-79(39(49)2)32-41-12-7-6-8-13-41)23-25-56(72-57)76-27-26-42-14-11-15-48(50(42)36-76)61(82)74-65-71-52-16-9-10-17-55(52)89-65/h9-11,14-25,29,31,37,41,44-45,54,59,80H,6-8,12-13,26-28,30,32-36H2,1-5H3,(H,68,83)(H,73,81)(H,75,84)(H,71,74,82)/t45-,54+,59-/m1/s1. The highest BCUT2D eigenvalue weighted by molar-refractivity contribution is 7.90. The molecule has 8 aromatic rings. The molecule has 12 rings (SSSR count). The van der Waals surface area contributed by atoms with E-state index < -0.39 is 73.9 Å². The van der Waals surface area contributed by atoms with Crippen LogP contribution < -0.4 is 30.5 Å². The average molecular weight is 1280 g/mol. The van der Waals surface area contributed by atoms with Crippen molar-refractivity contribution in [2.24, 2.45) is 17.3 Å². The third-order valence-electron chi connectivity index (χ3n) is 17.7. The molecule has 90 heavy (non-hydrogen) atoms. The molecule has 7 heterocycles. The highest BCUT2D eigenvalue weighted by atomic mass is 32.2. The molecule has 2 saturated heterocycles. The van der Waals surface area contributed by atoms with Gasteiger partial charge in [-0.25, -0.2) is 32.5 Å². The Morgan fingerprint density at radius 2 is 1.62 bits per heavy atom. The van der Waals surface area contributed by atoms with Crippen LogP contribution in [0.1, 0.15) is 108 Å². The maximum absolute atomic E-state index is 16.3. The van der Waals surface area contributed by atoms with Gasteiger partial charge in [0.15, 0.2) is 5.13 Å². The first-order valence-corrected chi connectivity index (χ1v) is 33.6. The van der Waals surface area contributed by atoms with Gasteiger partial charge in [-0.15, -0.1) is 11.3 Å². The Morgan fingerprint density at radius 3 is 2.36 bits per heavy atom. The van der Waals surface area contributed by atoms with E-state index in [0.29, 0.717) is 53.1 Å². The Bertz CT molecular complexity index is 4160. The number of carbonyl (C=O) groups is 5. The molecular formula is C66H71FN12O8S3. The Morgan fingerprint density at radius 1 is 0.844 bits per heavy atom. The van der Waals surface area contributed by atoms with Crippen molar-refractivity contribution in [2.45, 2.75) is 122 Å². The van der Waals surface area contributed by atoms with E-state index in [-0.39, 0.29) is 56.4 Å². The fraction of sp³-hybridized carbons (Fsp3) is 0.379. The second-order valence-corrected chi connectivity index (χ2v) is 28.6. The molecule has 20 nitrogen and oxygen atoms in total. The summed E-state index contributed by atoms with van der Waals surface area (Å²) >= 11 is 2.93. The lowest BCUT2D eigenvalue weighted by atomic mass is 9.84. The zero-order valence-corrected chi connectivity index (χ0v) is 53.1. The molecule has 5 amide bonds. The molecule has 3 atom stereocenters. The SMILES string of the molecule is Cc1ncsc1-c1ccc(CNC(=O)[C@@H]2C[C@@H](O)CN2C(=O)[C@@H](NC(=O)C2CN(c3ccc(S(=O)(=O)NC(=O)c4nc(N5CCc6cccc(C(=O)Nc7nc8ccccc8s7)c6C5)ccc4-c4cnn(CC5CCCCC5)c4C)cc3F)C2)C(C)(C)C)cc1. The smallest absolute Gasteiger partial charge is 0.284 e. The van der Waals surface area contributed by atoms with Gasteiger partial charge in [-0.05, 0) is 115 Å². The number of thiazole rings is 2. The number of pyridine rings is 1. The van der Waals surface area contributed by atoms with Crippen molar-refractivity contribution >= 4 is 89.1 Å². The van der Waals surface area contributed by atoms with Crippen LogP contribution in [-0.2, 0) is 50.5 Å². The first-order valence-electron chi connectivity index (χ1n) is 30.4. The number of para-hydroxylation sites is 1. The summed E-state index contributed by atoms with van der Waals surface area (Å²) in [5.41, 5.74) is 8.32. The third kappa shape index (κ3) is 13.0. The number of hydrogen-bond donors (Lipinski definition) is 5. The number of nitrogens with one attached hydrogen (secondary N) is 4. The highest BCUT2D eigenvalue weighted by Gasteiger charge is 2.46. The monoisotopic (exact) mass is 1270 g/mol. The van der Waals surface area contributed by atoms with Crippen molar-refractivity contribution in [2.75, 3.05) is 41.3 Å². The molecule has 4 aromatic carbocycles. The summed E-state index contributed by atoms with van der Waals surface area (Å²) in [6.45, 7) is 10.8. The van der Waals surface area contributed by atoms with Gasteiger partial charge in [0.2, 0.25) is 17.7 Å². The van der Waals surface area contributed by atoms with E-state index in [2.05, 4.69) is 30.6 Å². The molecule has 4 aromatic heterocycles. The molecular weight excluding hydrogens is 1200 g/mol. The number of anilines is 3. The van der Waals surface area contributed by atoms with Crippen LogP contribution in [0, 0.1) is 36.9 Å². The Balaban J connectivity index is 0.717. The fourth-order valence-electron chi connectivity index (χ4n) is 12.6. The number of rotatable bonds is 17. The Labute approximate surface area is 529 Å². The zero-order chi connectivity index (χ0) is 63.2. The van der Waals surface area contributed by atoms with Crippen LogP contribution in [0.4, 0.5) is 21.0 Å². The van der Waals surface area contributed by atoms with Crippen molar-refractivity contribution in [3.05, 3.63) is 154 Å². The van der Waals surface area contributed by atoms with E-state index in [9.17, 15) is 37.5 Å². The molecule has 5 N–H and O–H groups in total. The van der Waals surface area contributed by atoms with E-state index in [0.717, 1.165) is 80.5 Å². The zero-order valence-electron chi connectivity index (χ0n) is 50.7. The van der Waals surface area contributed by atoms with Gasteiger partial charge in [0.05, 0.1) is 55.1 Å². The third-order valence-corrected chi connectivity index (χ3v) is 21.0. The molecule has 3 aliphatic heterocycles. The van der Waals surface area contributed by atoms with E-state index in [1.54, 1.807) is 66.9 Å². The number of benzene rings is 4. The Kier molecular flexibility index (Phi) is 17.5. The van der Waals surface area contributed by atoms with Crippen molar-refractivity contribution in [1.29, 1.82) is 0 Å². The van der Waals surface area contributed by atoms with Gasteiger partial charge in [0.25, 0.3) is 21.8 Å². The van der Waals surface area contributed by atoms with Crippen LogP contribution in [0.2, 0.25) is 0 Å². The maximum atomic E-state index is 16.3. The minimum Gasteiger partial charge on any atom is -0.391 e. The summed E-state index contributed by atoms with van der Waals surface area (Å²) in [5, 5.41) is 24.8. The van der Waals surface area contributed by atoms with Gasteiger partial charge >= 0.3 is 0 Å². The number of aryl methyl sites for hydroxylation is 1. The van der Waals surface area contributed by atoms with Crippen LogP contribution in [0.15, 0.2) is 114 Å². The molecule has 4 aliphatic rings. The fourth-order valence-corrected chi connectivity index (χ4v) is 15.3. The number of β-amino-alcohol motifs (C(OH)–C–C–N with tert-alkyl or cyclic N) is 1. The second kappa shape index (κ2) is 25.4. The number of aliphatic hydroxyl groups is 1. The highest BCUT2D eigenvalue weighted by Crippen LogP contribution is 2.36. The summed E-state index contributed by atoms with van der Waals surface area (Å²) in [4.78, 5) is 89.8. The number of amides is 5. The molecule has 468 valence electrons. The van der Waals surface area contributed by atoms with E-state index in [1.807, 2.05) is 84.1 Å². The van der Waals surface area contributed by atoms with Crippen LogP contribution in [0.25, 0.3) is 31.8 Å². The van der Waals surface area contributed by atoms with Gasteiger partial charge in [0, 0.05) is 74.6 Å². The largest absolute Gasteiger partial charge is 0.391 e. The molecule has 0 bridgehead atoms. The number of carbonyl (C=O) groups excluding carboxylic acids is 5. The molecule has 3 fully saturated rings. The lowest BCUT2D eigenvalue weighted by Gasteiger charge is -2.42. The summed E-state index contributed by atoms with van der Waals surface area (Å²) in [6.07, 6.45) is 6.96. The van der Waals surface area contributed by atoms with E-state index >= 15 is 4.39 Å². The maximum Gasteiger partial charge on any atom is 0.284 e. The second-order valence-electron chi connectivity index (χ2n) is 25.0. The first kappa shape index (κ1) is 61.8. The number of sulfonamides is 1. The predicted molar refractivity (Wildman–Crippen MR) is 344 cm³/mol. The number of aliphatic hydroxyl groups excluding tert-OH is 1. The number of fused-ring (bicyclic) bond motifs is 2. The molecule has 24 heteroatoms. The minimum atomic E-state index is -4.74. The van der Waals surface area contributed by atoms with Gasteiger partial charge in [-0.2, -0.15) is 5.10 Å². The molecule has 0 unspecified atom stereocenters. The van der Waals surface area contributed by atoms with Gasteiger partial charge < -0.3 is 30.4 Å².